The zero-order valence-electron chi connectivity index (χ0n) is 11.1. The number of hydrogen-bond donors (Lipinski definition) is 1. The monoisotopic (exact) mass is 241 g/mol. The minimum atomic E-state index is 0.538. The number of hydrogen-bond acceptors (Lipinski definition) is 3. The topological polar surface area (TPSA) is 30.5 Å². The number of rotatable bonds is 6. The third kappa shape index (κ3) is 4.57. The van der Waals surface area contributed by atoms with Crippen LogP contribution < -0.4 is 5.32 Å². The lowest BCUT2D eigenvalue weighted by Crippen LogP contribution is -2.36. The van der Waals surface area contributed by atoms with Crippen molar-refractivity contribution in [1.82, 2.24) is 5.32 Å². The molecule has 0 bridgehead atoms. The molecular weight excluding hydrogens is 214 g/mol. The molecule has 0 spiro atoms. The molecule has 17 heavy (non-hydrogen) atoms. The second kappa shape index (κ2) is 7.34. The highest BCUT2D eigenvalue weighted by molar-refractivity contribution is 4.75. The van der Waals surface area contributed by atoms with E-state index in [1.54, 1.807) is 0 Å². The molecule has 3 nitrogen and oxygen atoms in total. The lowest BCUT2D eigenvalue weighted by Gasteiger charge is -2.23. The van der Waals surface area contributed by atoms with Gasteiger partial charge in [0.1, 0.15) is 0 Å². The van der Waals surface area contributed by atoms with Crippen LogP contribution in [0.2, 0.25) is 0 Å². The maximum atomic E-state index is 5.90. The summed E-state index contributed by atoms with van der Waals surface area (Å²) in [6.45, 7) is 5.98. The van der Waals surface area contributed by atoms with Crippen molar-refractivity contribution in [2.45, 2.75) is 57.6 Å². The van der Waals surface area contributed by atoms with Gasteiger partial charge in [0.05, 0.1) is 19.3 Å². The van der Waals surface area contributed by atoms with Crippen LogP contribution in [0.15, 0.2) is 0 Å². The molecule has 2 rings (SSSR count). The Morgan fingerprint density at radius 1 is 1.24 bits per heavy atom. The van der Waals surface area contributed by atoms with Crippen molar-refractivity contribution in [2.75, 3.05) is 26.4 Å². The summed E-state index contributed by atoms with van der Waals surface area (Å²) >= 11 is 0. The summed E-state index contributed by atoms with van der Waals surface area (Å²) in [5.41, 5.74) is 0. The predicted octanol–water partition coefficient (Wildman–Crippen LogP) is 2.35. The third-order valence-electron chi connectivity index (χ3n) is 4.15. The normalized spacial score (nSPS) is 28.4. The number of ether oxygens (including phenoxy) is 2. The summed E-state index contributed by atoms with van der Waals surface area (Å²) < 4.78 is 11.3. The van der Waals surface area contributed by atoms with E-state index in [1.807, 2.05) is 0 Å². The van der Waals surface area contributed by atoms with E-state index in [9.17, 15) is 0 Å². The molecule has 0 radical (unpaired) electrons. The quantitative estimate of drug-likeness (QED) is 0.724. The van der Waals surface area contributed by atoms with Gasteiger partial charge in [0.2, 0.25) is 0 Å². The molecule has 1 saturated heterocycles. The predicted molar refractivity (Wildman–Crippen MR) is 69.2 cm³/mol. The largest absolute Gasteiger partial charge is 0.381 e. The molecule has 1 saturated carbocycles. The third-order valence-corrected chi connectivity index (χ3v) is 4.15. The Balaban J connectivity index is 1.50. The van der Waals surface area contributed by atoms with E-state index in [0.29, 0.717) is 18.1 Å². The van der Waals surface area contributed by atoms with E-state index in [2.05, 4.69) is 12.2 Å². The first-order chi connectivity index (χ1) is 8.36. The van der Waals surface area contributed by atoms with Gasteiger partial charge in [0, 0.05) is 19.2 Å². The summed E-state index contributed by atoms with van der Waals surface area (Å²) in [7, 11) is 0. The Morgan fingerprint density at radius 3 is 2.76 bits per heavy atom. The number of nitrogens with one attached hydrogen (secondary N) is 1. The molecule has 1 aliphatic carbocycles. The first-order valence-corrected chi connectivity index (χ1v) is 7.29. The maximum Gasteiger partial charge on any atom is 0.0594 e. The van der Waals surface area contributed by atoms with Crippen molar-refractivity contribution in [2.24, 2.45) is 5.92 Å². The van der Waals surface area contributed by atoms with Crippen molar-refractivity contribution < 1.29 is 9.47 Å². The Morgan fingerprint density at radius 2 is 2.06 bits per heavy atom. The molecule has 2 aliphatic rings. The zero-order valence-corrected chi connectivity index (χ0v) is 11.1. The van der Waals surface area contributed by atoms with E-state index in [1.165, 1.54) is 38.5 Å². The first-order valence-electron chi connectivity index (χ1n) is 7.29. The van der Waals surface area contributed by atoms with Crippen molar-refractivity contribution in [3.63, 3.8) is 0 Å². The fraction of sp³-hybridized carbons (Fsp3) is 1.00. The van der Waals surface area contributed by atoms with Crippen LogP contribution in [0.5, 0.6) is 0 Å². The molecule has 2 atom stereocenters. The highest BCUT2D eigenvalue weighted by atomic mass is 16.5. The highest BCUT2D eigenvalue weighted by Crippen LogP contribution is 2.20. The molecular formula is C14H27NO2. The second-order valence-electron chi connectivity index (χ2n) is 5.50. The zero-order chi connectivity index (χ0) is 11.9. The minimum Gasteiger partial charge on any atom is -0.381 e. The van der Waals surface area contributed by atoms with Crippen LogP contribution >= 0.6 is 0 Å². The second-order valence-corrected chi connectivity index (χ2v) is 5.50. The van der Waals surface area contributed by atoms with Crippen LogP contribution in [0.1, 0.15) is 45.4 Å². The smallest absolute Gasteiger partial charge is 0.0594 e. The lowest BCUT2D eigenvalue weighted by molar-refractivity contribution is 0.0288. The van der Waals surface area contributed by atoms with Gasteiger partial charge in [0.25, 0.3) is 0 Å². The average molecular weight is 241 g/mol. The molecule has 100 valence electrons. The van der Waals surface area contributed by atoms with Gasteiger partial charge in [-0.05, 0) is 32.1 Å². The van der Waals surface area contributed by atoms with Crippen molar-refractivity contribution >= 4 is 0 Å². The Kier molecular flexibility index (Phi) is 5.75. The molecule has 0 aromatic carbocycles. The van der Waals surface area contributed by atoms with Crippen molar-refractivity contribution in [3.8, 4) is 0 Å². The van der Waals surface area contributed by atoms with Crippen LogP contribution in [0.3, 0.4) is 0 Å². The van der Waals surface area contributed by atoms with Crippen LogP contribution in [-0.4, -0.2) is 38.5 Å². The molecule has 0 aromatic heterocycles. The Hall–Kier alpha value is -0.120. The summed E-state index contributed by atoms with van der Waals surface area (Å²) in [6, 6.07) is 0.562. The standard InChI is InChI=1S/C14H27NO2/c1-12(13-7-9-16-11-13)15-8-10-17-14-5-3-2-4-6-14/h12-15H,2-11H2,1H3. The summed E-state index contributed by atoms with van der Waals surface area (Å²) in [5, 5.41) is 3.56. The molecule has 3 heteroatoms. The summed E-state index contributed by atoms with van der Waals surface area (Å²) in [4.78, 5) is 0. The highest BCUT2D eigenvalue weighted by Gasteiger charge is 2.21. The van der Waals surface area contributed by atoms with Crippen LogP contribution in [0.25, 0.3) is 0 Å². The van der Waals surface area contributed by atoms with Gasteiger partial charge >= 0.3 is 0 Å². The van der Waals surface area contributed by atoms with E-state index >= 15 is 0 Å². The maximum absolute atomic E-state index is 5.90. The fourth-order valence-electron chi connectivity index (χ4n) is 2.86. The first kappa shape index (κ1) is 13.3. The van der Waals surface area contributed by atoms with E-state index in [0.717, 1.165) is 26.4 Å². The van der Waals surface area contributed by atoms with Crippen LogP contribution in [0.4, 0.5) is 0 Å². The van der Waals surface area contributed by atoms with Gasteiger partial charge in [-0.2, -0.15) is 0 Å². The SMILES string of the molecule is CC(NCCOC1CCCCC1)C1CCOC1. The fourth-order valence-corrected chi connectivity index (χ4v) is 2.86. The Bertz CT molecular complexity index is 198. The van der Waals surface area contributed by atoms with Crippen LogP contribution in [-0.2, 0) is 9.47 Å². The van der Waals surface area contributed by atoms with Crippen molar-refractivity contribution in [3.05, 3.63) is 0 Å². The van der Waals surface area contributed by atoms with Gasteiger partial charge in [-0.25, -0.2) is 0 Å². The summed E-state index contributed by atoms with van der Waals surface area (Å²) in [5.74, 6) is 0.699. The lowest BCUT2D eigenvalue weighted by atomic mass is 9.98. The molecule has 0 aromatic rings. The van der Waals surface area contributed by atoms with Gasteiger partial charge in [0.15, 0.2) is 0 Å². The van der Waals surface area contributed by atoms with E-state index < -0.39 is 0 Å². The molecule has 1 N–H and O–H groups in total. The van der Waals surface area contributed by atoms with Crippen LogP contribution in [0, 0.1) is 5.92 Å². The average Bonchev–Trinajstić information content (AvgIpc) is 2.89. The van der Waals surface area contributed by atoms with Gasteiger partial charge in [-0.1, -0.05) is 19.3 Å². The molecule has 0 amide bonds. The Labute approximate surface area is 105 Å². The molecule has 1 heterocycles. The van der Waals surface area contributed by atoms with Gasteiger partial charge in [-0.3, -0.25) is 0 Å². The summed E-state index contributed by atoms with van der Waals surface area (Å²) in [6.07, 6.45) is 8.39. The molecule has 2 fully saturated rings. The van der Waals surface area contributed by atoms with Gasteiger partial charge < -0.3 is 14.8 Å². The van der Waals surface area contributed by atoms with E-state index in [-0.39, 0.29) is 0 Å². The molecule has 1 aliphatic heterocycles. The molecule has 2 unspecified atom stereocenters. The van der Waals surface area contributed by atoms with Crippen molar-refractivity contribution in [1.29, 1.82) is 0 Å². The minimum absolute atomic E-state index is 0.538. The van der Waals surface area contributed by atoms with E-state index in [4.69, 9.17) is 9.47 Å². The van der Waals surface area contributed by atoms with Gasteiger partial charge in [-0.15, -0.1) is 0 Å².